The first kappa shape index (κ1) is 6.52. The maximum atomic E-state index is 5.49. The Balaban J connectivity index is 2.84. The predicted octanol–water partition coefficient (Wildman–Crippen LogP) is 2.64. The van der Waals surface area contributed by atoms with Crippen LogP contribution in [0.4, 0.5) is 0 Å². The first-order chi connectivity index (χ1) is 3.83. The second-order valence-electron chi connectivity index (χ2n) is 1.21. The van der Waals surface area contributed by atoms with Gasteiger partial charge in [0.05, 0.1) is 5.88 Å². The van der Waals surface area contributed by atoms with Gasteiger partial charge in [-0.2, -0.15) is 0 Å². The van der Waals surface area contributed by atoms with E-state index in [9.17, 15) is 0 Å². The number of alkyl halides is 1. The summed E-state index contributed by atoms with van der Waals surface area (Å²) >= 11 is 10.3. The number of hydrogen-bond donors (Lipinski definition) is 0. The molecule has 44 valence electrons. The van der Waals surface area contributed by atoms with E-state index in [0.29, 0.717) is 5.88 Å². The fourth-order valence-electron chi connectivity index (χ4n) is 0.345. The molecule has 4 heteroatoms. The average molecular weight is 212 g/mol. The first-order valence-electron chi connectivity index (χ1n) is 1.99. The fraction of sp³-hybridized carbons (Fsp3) is 0.250. The lowest BCUT2D eigenvalue weighted by atomic mass is 10.6. The van der Waals surface area contributed by atoms with Crippen molar-refractivity contribution < 1.29 is 0 Å². The smallest absolute Gasteiger partial charge is 0.159 e. The van der Waals surface area contributed by atoms with Crippen LogP contribution in [0.25, 0.3) is 0 Å². The summed E-state index contributed by atoms with van der Waals surface area (Å²) in [5.41, 5.74) is 0. The van der Waals surface area contributed by atoms with Crippen molar-refractivity contribution in [2.24, 2.45) is 0 Å². The van der Waals surface area contributed by atoms with Crippen LogP contribution in [0.3, 0.4) is 0 Å². The summed E-state index contributed by atoms with van der Waals surface area (Å²) in [6.07, 6.45) is 1.77. The third kappa shape index (κ3) is 1.44. The van der Waals surface area contributed by atoms with Gasteiger partial charge in [-0.3, -0.25) is 0 Å². The Morgan fingerprint density at radius 1 is 1.88 bits per heavy atom. The van der Waals surface area contributed by atoms with E-state index in [1.54, 1.807) is 17.5 Å². The first-order valence-corrected chi connectivity index (χ1v) is 4.13. The second-order valence-corrected chi connectivity index (χ2v) is 3.87. The van der Waals surface area contributed by atoms with Crippen LogP contribution < -0.4 is 0 Å². The number of aromatic nitrogens is 1. The Bertz CT molecular complexity index is 176. The van der Waals surface area contributed by atoms with Crippen LogP contribution >= 0.6 is 38.9 Å². The largest absolute Gasteiger partial charge is 0.237 e. The van der Waals surface area contributed by atoms with Crippen LogP contribution in [0.5, 0.6) is 0 Å². The molecule has 0 N–H and O–H groups in total. The molecule has 0 aromatic carbocycles. The molecule has 0 saturated carbocycles. The minimum Gasteiger partial charge on any atom is -0.237 e. The lowest BCUT2D eigenvalue weighted by Crippen LogP contribution is -1.60. The van der Waals surface area contributed by atoms with Crippen LogP contribution in [0.2, 0.25) is 0 Å². The number of thiazole rings is 1. The van der Waals surface area contributed by atoms with Gasteiger partial charge in [-0.05, 0) is 15.9 Å². The van der Waals surface area contributed by atoms with Gasteiger partial charge < -0.3 is 0 Å². The third-order valence-electron chi connectivity index (χ3n) is 0.657. The Hall–Kier alpha value is 0.400. The molecule has 0 atom stereocenters. The highest BCUT2D eigenvalue weighted by Crippen LogP contribution is 2.19. The number of hydrogen-bond acceptors (Lipinski definition) is 2. The normalized spacial score (nSPS) is 9.75. The minimum absolute atomic E-state index is 0.559. The summed E-state index contributed by atoms with van der Waals surface area (Å²) in [5.74, 6) is 0.559. The van der Waals surface area contributed by atoms with E-state index >= 15 is 0 Å². The number of rotatable bonds is 1. The summed E-state index contributed by atoms with van der Waals surface area (Å²) in [4.78, 5) is 5.03. The Morgan fingerprint density at radius 2 is 2.62 bits per heavy atom. The molecule has 0 radical (unpaired) electrons. The van der Waals surface area contributed by atoms with Gasteiger partial charge in [0.1, 0.15) is 0 Å². The van der Waals surface area contributed by atoms with E-state index in [4.69, 9.17) is 11.6 Å². The van der Waals surface area contributed by atoms with E-state index in [1.807, 2.05) is 0 Å². The fourth-order valence-corrected chi connectivity index (χ4v) is 1.79. The molecular weight excluding hydrogens is 209 g/mol. The third-order valence-corrected chi connectivity index (χ3v) is 2.58. The highest BCUT2D eigenvalue weighted by molar-refractivity contribution is 9.11. The van der Waals surface area contributed by atoms with Crippen molar-refractivity contribution in [1.29, 1.82) is 0 Å². The molecule has 0 unspecified atom stereocenters. The van der Waals surface area contributed by atoms with Gasteiger partial charge >= 0.3 is 0 Å². The maximum absolute atomic E-state index is 5.49. The molecule has 0 fully saturated rings. The van der Waals surface area contributed by atoms with E-state index in [1.165, 1.54) is 0 Å². The summed E-state index contributed by atoms with van der Waals surface area (Å²) in [6, 6.07) is 0. The predicted molar refractivity (Wildman–Crippen MR) is 39.4 cm³/mol. The summed E-state index contributed by atoms with van der Waals surface area (Å²) in [6.45, 7) is 0. The molecule has 0 aliphatic carbocycles. The van der Waals surface area contributed by atoms with Crippen LogP contribution in [0.1, 0.15) is 4.88 Å². The molecule has 0 bridgehead atoms. The van der Waals surface area contributed by atoms with Crippen LogP contribution in [-0.2, 0) is 5.88 Å². The molecule has 0 aliphatic rings. The van der Waals surface area contributed by atoms with Gasteiger partial charge in [0.15, 0.2) is 3.92 Å². The lowest BCUT2D eigenvalue weighted by Gasteiger charge is -1.75. The molecular formula is C4H3BrClNS. The second kappa shape index (κ2) is 2.80. The monoisotopic (exact) mass is 211 g/mol. The van der Waals surface area contributed by atoms with Gasteiger partial charge in [0, 0.05) is 11.1 Å². The molecule has 1 heterocycles. The molecule has 0 saturated heterocycles. The molecule has 0 aliphatic heterocycles. The van der Waals surface area contributed by atoms with Crippen molar-refractivity contribution in [2.75, 3.05) is 0 Å². The highest BCUT2D eigenvalue weighted by Gasteiger charge is 1.93. The minimum atomic E-state index is 0.559. The van der Waals surface area contributed by atoms with Crippen molar-refractivity contribution in [3.05, 3.63) is 15.0 Å². The van der Waals surface area contributed by atoms with Crippen LogP contribution in [0, 0.1) is 0 Å². The highest BCUT2D eigenvalue weighted by atomic mass is 79.9. The molecule has 8 heavy (non-hydrogen) atoms. The topological polar surface area (TPSA) is 12.9 Å². The van der Waals surface area contributed by atoms with Crippen molar-refractivity contribution in [3.8, 4) is 0 Å². The van der Waals surface area contributed by atoms with Crippen molar-refractivity contribution in [3.63, 3.8) is 0 Å². The summed E-state index contributed by atoms with van der Waals surface area (Å²) < 4.78 is 0.896. The van der Waals surface area contributed by atoms with Gasteiger partial charge in [-0.1, -0.05) is 0 Å². The average Bonchev–Trinajstić information content (AvgIpc) is 2.14. The SMILES string of the molecule is ClCc1cnc(Br)s1. The zero-order valence-electron chi connectivity index (χ0n) is 3.90. The Labute approximate surface area is 64.8 Å². The van der Waals surface area contributed by atoms with Crippen LogP contribution in [0.15, 0.2) is 10.1 Å². The molecule has 1 rings (SSSR count). The lowest BCUT2D eigenvalue weighted by molar-refractivity contribution is 1.34. The summed E-state index contributed by atoms with van der Waals surface area (Å²) in [7, 11) is 0. The van der Waals surface area contributed by atoms with E-state index < -0.39 is 0 Å². The quantitative estimate of drug-likeness (QED) is 0.652. The van der Waals surface area contributed by atoms with Gasteiger partial charge in [0.25, 0.3) is 0 Å². The summed E-state index contributed by atoms with van der Waals surface area (Å²) in [5, 5.41) is 0. The van der Waals surface area contributed by atoms with E-state index in [-0.39, 0.29) is 0 Å². The number of nitrogens with zero attached hydrogens (tertiary/aromatic N) is 1. The standard InChI is InChI=1S/C4H3BrClNS/c5-4-7-2-3(1-6)8-4/h2H,1H2. The molecule has 0 amide bonds. The molecule has 1 nitrogen and oxygen atoms in total. The molecule has 1 aromatic rings. The van der Waals surface area contributed by atoms with Gasteiger partial charge in [0.2, 0.25) is 0 Å². The molecule has 0 spiro atoms. The number of halogens is 2. The van der Waals surface area contributed by atoms with Crippen molar-refractivity contribution >= 4 is 38.9 Å². The Kier molecular flexibility index (Phi) is 2.28. The molecule has 1 aromatic heterocycles. The van der Waals surface area contributed by atoms with Crippen LogP contribution in [-0.4, -0.2) is 4.98 Å². The van der Waals surface area contributed by atoms with E-state index in [0.717, 1.165) is 8.79 Å². The maximum Gasteiger partial charge on any atom is 0.159 e. The zero-order valence-corrected chi connectivity index (χ0v) is 7.05. The van der Waals surface area contributed by atoms with Gasteiger partial charge in [-0.25, -0.2) is 4.98 Å². The Morgan fingerprint density at radius 3 is 2.88 bits per heavy atom. The van der Waals surface area contributed by atoms with E-state index in [2.05, 4.69) is 20.9 Å². The van der Waals surface area contributed by atoms with Crippen molar-refractivity contribution in [1.82, 2.24) is 4.98 Å². The zero-order chi connectivity index (χ0) is 5.98. The van der Waals surface area contributed by atoms with Gasteiger partial charge in [-0.15, -0.1) is 22.9 Å². The van der Waals surface area contributed by atoms with Crippen molar-refractivity contribution in [2.45, 2.75) is 5.88 Å².